The quantitative estimate of drug-likeness (QED) is 0.811. The maximum absolute atomic E-state index is 10.6. The van der Waals surface area contributed by atoms with Gasteiger partial charge in [0.15, 0.2) is 0 Å². The van der Waals surface area contributed by atoms with Crippen molar-refractivity contribution in [1.29, 1.82) is 0 Å². The van der Waals surface area contributed by atoms with E-state index in [0.717, 1.165) is 25.2 Å². The van der Waals surface area contributed by atoms with Crippen molar-refractivity contribution in [3.05, 3.63) is 29.6 Å². The number of hydrogen-bond donors (Lipinski definition) is 1. The van der Waals surface area contributed by atoms with Crippen LogP contribution in [0.1, 0.15) is 28.9 Å². The maximum Gasteiger partial charge on any atom is 0.354 e. The lowest BCUT2D eigenvalue weighted by molar-refractivity contribution is 0.0690. The highest BCUT2D eigenvalue weighted by atomic mass is 16.4. The third kappa shape index (κ3) is 2.53. The number of aromatic carboxylic acids is 1. The van der Waals surface area contributed by atoms with Crippen molar-refractivity contribution in [2.75, 3.05) is 13.1 Å². The molecule has 1 aliphatic rings. The molecule has 4 heteroatoms. The fourth-order valence-electron chi connectivity index (χ4n) is 1.84. The normalized spacial score (nSPS) is 16.8. The zero-order valence-electron chi connectivity index (χ0n) is 8.52. The molecule has 0 aliphatic carbocycles. The van der Waals surface area contributed by atoms with E-state index < -0.39 is 5.97 Å². The standard InChI is InChI=1S/C11H14N2O2/c14-11(15)10-4-3-9(7-12-10)8-13-5-1-2-6-13/h3-4,7H,1-2,5-6,8H2,(H,14,15). The molecule has 0 bridgehead atoms. The first-order chi connectivity index (χ1) is 7.25. The molecule has 1 fully saturated rings. The third-order valence-electron chi connectivity index (χ3n) is 2.65. The summed E-state index contributed by atoms with van der Waals surface area (Å²) in [7, 11) is 0. The summed E-state index contributed by atoms with van der Waals surface area (Å²) in [6.45, 7) is 3.16. The van der Waals surface area contributed by atoms with E-state index in [4.69, 9.17) is 5.11 Å². The van der Waals surface area contributed by atoms with Gasteiger partial charge in [-0.3, -0.25) is 4.90 Å². The van der Waals surface area contributed by atoms with Crippen LogP contribution in [-0.4, -0.2) is 34.0 Å². The van der Waals surface area contributed by atoms with Crippen LogP contribution in [0.25, 0.3) is 0 Å². The number of hydrogen-bond acceptors (Lipinski definition) is 3. The molecule has 1 aromatic heterocycles. The molecular weight excluding hydrogens is 192 g/mol. The minimum absolute atomic E-state index is 0.111. The van der Waals surface area contributed by atoms with Crippen LogP contribution >= 0.6 is 0 Å². The number of carboxylic acids is 1. The van der Waals surface area contributed by atoms with E-state index in [-0.39, 0.29) is 5.69 Å². The molecule has 1 N–H and O–H groups in total. The lowest BCUT2D eigenvalue weighted by Crippen LogP contribution is -2.18. The first-order valence-corrected chi connectivity index (χ1v) is 5.16. The number of carbonyl (C=O) groups is 1. The maximum atomic E-state index is 10.6. The van der Waals surface area contributed by atoms with Crippen LogP contribution in [0.3, 0.4) is 0 Å². The van der Waals surface area contributed by atoms with E-state index in [1.54, 1.807) is 12.3 Å². The van der Waals surface area contributed by atoms with Gasteiger partial charge < -0.3 is 5.11 Å². The van der Waals surface area contributed by atoms with Crippen molar-refractivity contribution in [2.45, 2.75) is 19.4 Å². The molecule has 0 radical (unpaired) electrons. The first-order valence-electron chi connectivity index (χ1n) is 5.16. The molecule has 0 amide bonds. The first kappa shape index (κ1) is 10.1. The molecule has 2 heterocycles. The molecule has 0 aromatic carbocycles. The van der Waals surface area contributed by atoms with Crippen molar-refractivity contribution in [1.82, 2.24) is 9.88 Å². The average molecular weight is 206 g/mol. The summed E-state index contributed by atoms with van der Waals surface area (Å²) in [6.07, 6.45) is 4.18. The van der Waals surface area contributed by atoms with Gasteiger partial charge in [0.05, 0.1) is 0 Å². The Hall–Kier alpha value is -1.42. The van der Waals surface area contributed by atoms with Crippen LogP contribution in [0.5, 0.6) is 0 Å². The van der Waals surface area contributed by atoms with Gasteiger partial charge in [-0.05, 0) is 37.6 Å². The van der Waals surface area contributed by atoms with E-state index in [1.807, 2.05) is 6.07 Å². The number of likely N-dealkylation sites (tertiary alicyclic amines) is 1. The van der Waals surface area contributed by atoms with Gasteiger partial charge in [-0.1, -0.05) is 6.07 Å². The molecule has 4 nitrogen and oxygen atoms in total. The van der Waals surface area contributed by atoms with Crippen LogP contribution in [-0.2, 0) is 6.54 Å². The second-order valence-electron chi connectivity index (χ2n) is 3.84. The van der Waals surface area contributed by atoms with Crippen LogP contribution in [0.15, 0.2) is 18.3 Å². The fourth-order valence-corrected chi connectivity index (χ4v) is 1.84. The van der Waals surface area contributed by atoms with Crippen molar-refractivity contribution in [2.24, 2.45) is 0 Å². The lowest BCUT2D eigenvalue weighted by Gasteiger charge is -2.13. The molecule has 80 valence electrons. The van der Waals surface area contributed by atoms with Crippen molar-refractivity contribution >= 4 is 5.97 Å². The highest BCUT2D eigenvalue weighted by Crippen LogP contribution is 2.12. The molecule has 0 unspecified atom stereocenters. The molecule has 15 heavy (non-hydrogen) atoms. The summed E-state index contributed by atoms with van der Waals surface area (Å²) in [5.41, 5.74) is 1.20. The summed E-state index contributed by atoms with van der Waals surface area (Å²) in [5.74, 6) is -0.970. The van der Waals surface area contributed by atoms with Crippen molar-refractivity contribution < 1.29 is 9.90 Å². The zero-order chi connectivity index (χ0) is 10.7. The van der Waals surface area contributed by atoms with E-state index in [0.29, 0.717) is 0 Å². The second-order valence-corrected chi connectivity index (χ2v) is 3.84. The smallest absolute Gasteiger partial charge is 0.354 e. The highest BCUT2D eigenvalue weighted by Gasteiger charge is 2.12. The van der Waals surface area contributed by atoms with Gasteiger partial charge in [0.2, 0.25) is 0 Å². The van der Waals surface area contributed by atoms with Gasteiger partial charge in [-0.25, -0.2) is 9.78 Å². The van der Waals surface area contributed by atoms with Gasteiger partial charge in [-0.15, -0.1) is 0 Å². The fraction of sp³-hybridized carbons (Fsp3) is 0.455. The summed E-state index contributed by atoms with van der Waals surface area (Å²) >= 11 is 0. The number of pyridine rings is 1. The van der Waals surface area contributed by atoms with Crippen molar-refractivity contribution in [3.8, 4) is 0 Å². The SMILES string of the molecule is O=C(O)c1ccc(CN2CCCC2)cn1. The van der Waals surface area contributed by atoms with Crippen LogP contribution < -0.4 is 0 Å². The number of carboxylic acid groups (broad SMARTS) is 1. The van der Waals surface area contributed by atoms with Crippen molar-refractivity contribution in [3.63, 3.8) is 0 Å². The molecule has 2 rings (SSSR count). The van der Waals surface area contributed by atoms with Gasteiger partial charge in [-0.2, -0.15) is 0 Å². The Kier molecular flexibility index (Phi) is 2.97. The minimum atomic E-state index is -0.970. The van der Waals surface area contributed by atoms with Crippen LogP contribution in [0.2, 0.25) is 0 Å². The van der Waals surface area contributed by atoms with E-state index in [2.05, 4.69) is 9.88 Å². The molecule has 1 saturated heterocycles. The number of rotatable bonds is 3. The Labute approximate surface area is 88.6 Å². The molecular formula is C11H14N2O2. The Morgan fingerprint density at radius 2 is 2.13 bits per heavy atom. The van der Waals surface area contributed by atoms with Crippen LogP contribution in [0, 0.1) is 0 Å². The third-order valence-corrected chi connectivity index (χ3v) is 2.65. The summed E-state index contributed by atoms with van der Waals surface area (Å²) in [6, 6.07) is 3.41. The second kappa shape index (κ2) is 4.40. The summed E-state index contributed by atoms with van der Waals surface area (Å²) in [4.78, 5) is 16.8. The minimum Gasteiger partial charge on any atom is -0.477 e. The highest BCUT2D eigenvalue weighted by molar-refractivity contribution is 5.85. The number of nitrogens with zero attached hydrogens (tertiary/aromatic N) is 2. The Bertz CT molecular complexity index is 342. The Morgan fingerprint density at radius 3 is 2.67 bits per heavy atom. The van der Waals surface area contributed by atoms with E-state index in [9.17, 15) is 4.79 Å². The molecule has 1 aromatic rings. The molecule has 0 spiro atoms. The van der Waals surface area contributed by atoms with Gasteiger partial charge in [0, 0.05) is 12.7 Å². The topological polar surface area (TPSA) is 53.4 Å². The van der Waals surface area contributed by atoms with Gasteiger partial charge in [0.1, 0.15) is 5.69 Å². The predicted octanol–water partition coefficient (Wildman–Crippen LogP) is 1.38. The largest absolute Gasteiger partial charge is 0.477 e. The molecule has 1 aliphatic heterocycles. The van der Waals surface area contributed by atoms with Gasteiger partial charge >= 0.3 is 5.97 Å². The zero-order valence-corrected chi connectivity index (χ0v) is 8.52. The Balaban J connectivity index is 2.00. The van der Waals surface area contributed by atoms with E-state index in [1.165, 1.54) is 12.8 Å². The molecule has 0 saturated carbocycles. The monoisotopic (exact) mass is 206 g/mol. The predicted molar refractivity (Wildman–Crippen MR) is 55.7 cm³/mol. The number of aromatic nitrogens is 1. The van der Waals surface area contributed by atoms with Gasteiger partial charge in [0.25, 0.3) is 0 Å². The Morgan fingerprint density at radius 1 is 1.40 bits per heavy atom. The molecule has 0 atom stereocenters. The lowest BCUT2D eigenvalue weighted by atomic mass is 10.2. The van der Waals surface area contributed by atoms with Crippen LogP contribution in [0.4, 0.5) is 0 Å². The summed E-state index contributed by atoms with van der Waals surface area (Å²) < 4.78 is 0. The van der Waals surface area contributed by atoms with E-state index >= 15 is 0 Å². The average Bonchev–Trinajstić information content (AvgIpc) is 2.71. The summed E-state index contributed by atoms with van der Waals surface area (Å²) in [5, 5.41) is 8.69.